The largest absolute Gasteiger partial charge is 0.370 e. The van der Waals surface area contributed by atoms with Crippen LogP contribution in [0.3, 0.4) is 0 Å². The molecule has 0 bridgehead atoms. The van der Waals surface area contributed by atoms with Crippen LogP contribution in [-0.4, -0.2) is 11.9 Å². The first kappa shape index (κ1) is 7.88. The topological polar surface area (TPSA) is 27.0 Å². The minimum atomic E-state index is 0.729. The van der Waals surface area contributed by atoms with Gasteiger partial charge in [0.1, 0.15) is 0 Å². The Kier molecular flexibility index (Phi) is 1.60. The summed E-state index contributed by atoms with van der Waals surface area (Å²) < 4.78 is 0. The number of hydrogen-bond acceptors (Lipinski definition) is 2. The lowest BCUT2D eigenvalue weighted by molar-refractivity contribution is 0.501. The summed E-state index contributed by atoms with van der Waals surface area (Å²) in [5.41, 5.74) is 3.90. The van der Waals surface area contributed by atoms with Crippen molar-refractivity contribution in [2.45, 2.75) is 6.54 Å². The molecule has 0 amide bonds. The van der Waals surface area contributed by atoms with E-state index in [1.807, 2.05) is 25.2 Å². The fourth-order valence-corrected chi connectivity index (χ4v) is 1.71. The van der Waals surface area contributed by atoms with Gasteiger partial charge in [0, 0.05) is 24.9 Å². The predicted octanol–water partition coefficient (Wildman–Crippen LogP) is 1.97. The smallest absolute Gasteiger partial charge is 0.0998 e. The number of rotatable bonds is 0. The summed E-state index contributed by atoms with van der Waals surface area (Å²) in [7, 11) is 1.99. The molecule has 0 N–H and O–H groups in total. The second kappa shape index (κ2) is 2.63. The Bertz CT molecular complexity index is 413. The molecule has 0 saturated heterocycles. The lowest BCUT2D eigenvalue weighted by Crippen LogP contribution is -2.06. The Balaban J connectivity index is 2.66. The summed E-state index contributed by atoms with van der Waals surface area (Å²) in [6.45, 7) is 4.82. The van der Waals surface area contributed by atoms with E-state index < -0.39 is 0 Å². The fourth-order valence-electron chi connectivity index (χ4n) is 1.71. The van der Waals surface area contributed by atoms with E-state index in [1.165, 1.54) is 5.56 Å². The van der Waals surface area contributed by atoms with E-state index in [1.54, 1.807) is 0 Å². The zero-order chi connectivity index (χ0) is 9.42. The predicted molar refractivity (Wildman–Crippen MR) is 51.7 cm³/mol. The maximum absolute atomic E-state index is 8.90. The van der Waals surface area contributed by atoms with Crippen LogP contribution in [0, 0.1) is 11.3 Å². The Morgan fingerprint density at radius 3 is 3.00 bits per heavy atom. The van der Waals surface area contributed by atoms with Gasteiger partial charge in [0.05, 0.1) is 11.6 Å². The summed E-state index contributed by atoms with van der Waals surface area (Å²) in [6.07, 6.45) is 0. The summed E-state index contributed by atoms with van der Waals surface area (Å²) in [5.74, 6) is 0. The van der Waals surface area contributed by atoms with Gasteiger partial charge in [-0.3, -0.25) is 0 Å². The summed E-state index contributed by atoms with van der Waals surface area (Å²) in [6, 6.07) is 7.99. The van der Waals surface area contributed by atoms with Gasteiger partial charge in [-0.25, -0.2) is 0 Å². The van der Waals surface area contributed by atoms with Crippen molar-refractivity contribution in [2.75, 3.05) is 7.05 Å². The molecule has 13 heavy (non-hydrogen) atoms. The van der Waals surface area contributed by atoms with Crippen molar-refractivity contribution < 1.29 is 0 Å². The van der Waals surface area contributed by atoms with Gasteiger partial charge in [0.2, 0.25) is 0 Å². The highest BCUT2D eigenvalue weighted by atomic mass is 15.1. The summed E-state index contributed by atoms with van der Waals surface area (Å²) in [4.78, 5) is 2.06. The Hall–Kier alpha value is -1.75. The molecule has 2 nitrogen and oxygen atoms in total. The average molecular weight is 170 g/mol. The van der Waals surface area contributed by atoms with Crippen LogP contribution in [0.4, 0.5) is 0 Å². The molecule has 0 unspecified atom stereocenters. The molecule has 0 spiro atoms. The van der Waals surface area contributed by atoms with E-state index in [2.05, 4.69) is 17.5 Å². The van der Waals surface area contributed by atoms with Crippen LogP contribution in [0.25, 0.3) is 5.70 Å². The zero-order valence-electron chi connectivity index (χ0n) is 7.54. The molecule has 64 valence electrons. The van der Waals surface area contributed by atoms with E-state index in [9.17, 15) is 0 Å². The van der Waals surface area contributed by atoms with Crippen molar-refractivity contribution in [3.63, 3.8) is 0 Å². The maximum Gasteiger partial charge on any atom is 0.0998 e. The maximum atomic E-state index is 8.90. The number of nitriles is 1. The van der Waals surface area contributed by atoms with Crippen LogP contribution in [0.1, 0.15) is 16.7 Å². The van der Waals surface area contributed by atoms with Gasteiger partial charge in [-0.2, -0.15) is 5.26 Å². The van der Waals surface area contributed by atoms with Crippen LogP contribution in [0.5, 0.6) is 0 Å². The first-order chi connectivity index (χ1) is 6.24. The van der Waals surface area contributed by atoms with Gasteiger partial charge in [-0.1, -0.05) is 18.7 Å². The molecule has 0 saturated carbocycles. The molecule has 2 rings (SSSR count). The molecule has 0 aliphatic carbocycles. The van der Waals surface area contributed by atoms with Gasteiger partial charge < -0.3 is 4.90 Å². The molecule has 0 atom stereocenters. The van der Waals surface area contributed by atoms with E-state index in [-0.39, 0.29) is 0 Å². The highest BCUT2D eigenvalue weighted by Gasteiger charge is 2.21. The molecule has 1 aromatic rings. The minimum absolute atomic E-state index is 0.729. The van der Waals surface area contributed by atoms with Gasteiger partial charge in [-0.15, -0.1) is 0 Å². The standard InChI is InChI=1S/C11H10N2/c1-8-11-9(6-12)4-3-5-10(11)7-13(8)2/h3-5H,1,7H2,2H3. The highest BCUT2D eigenvalue weighted by Crippen LogP contribution is 2.32. The monoisotopic (exact) mass is 170 g/mol. The second-order valence-corrected chi connectivity index (χ2v) is 3.25. The van der Waals surface area contributed by atoms with E-state index >= 15 is 0 Å². The zero-order valence-corrected chi connectivity index (χ0v) is 7.54. The van der Waals surface area contributed by atoms with Crippen LogP contribution < -0.4 is 0 Å². The van der Waals surface area contributed by atoms with Crippen LogP contribution in [-0.2, 0) is 6.54 Å². The Morgan fingerprint density at radius 1 is 1.54 bits per heavy atom. The molecule has 1 aliphatic rings. The number of benzene rings is 1. The SMILES string of the molecule is C=C1c2c(C#N)cccc2CN1C. The van der Waals surface area contributed by atoms with Crippen LogP contribution in [0.2, 0.25) is 0 Å². The Labute approximate surface area is 77.7 Å². The van der Waals surface area contributed by atoms with Crippen LogP contribution in [0.15, 0.2) is 24.8 Å². The molecule has 0 radical (unpaired) electrons. The summed E-state index contributed by atoms with van der Waals surface area (Å²) in [5, 5.41) is 8.90. The molecule has 1 aliphatic heterocycles. The first-order valence-corrected chi connectivity index (χ1v) is 4.16. The number of nitrogens with zero attached hydrogens (tertiary/aromatic N) is 2. The van der Waals surface area contributed by atoms with Gasteiger partial charge >= 0.3 is 0 Å². The normalized spacial score (nSPS) is 14.2. The summed E-state index contributed by atoms with van der Waals surface area (Å²) >= 11 is 0. The quantitative estimate of drug-likeness (QED) is 0.595. The molecule has 1 aromatic carbocycles. The lowest BCUT2D eigenvalue weighted by atomic mass is 10.0. The van der Waals surface area contributed by atoms with Crippen molar-refractivity contribution in [3.05, 3.63) is 41.5 Å². The molecule has 1 heterocycles. The second-order valence-electron chi connectivity index (χ2n) is 3.25. The van der Waals surface area contributed by atoms with E-state index in [4.69, 9.17) is 5.26 Å². The van der Waals surface area contributed by atoms with Gasteiger partial charge in [-0.05, 0) is 11.6 Å². The van der Waals surface area contributed by atoms with Crippen molar-refractivity contribution in [2.24, 2.45) is 0 Å². The average Bonchev–Trinajstić information content (AvgIpc) is 2.43. The minimum Gasteiger partial charge on any atom is -0.370 e. The molecule has 2 heteroatoms. The third-order valence-corrected chi connectivity index (χ3v) is 2.43. The fraction of sp³-hybridized carbons (Fsp3) is 0.182. The van der Waals surface area contributed by atoms with Crippen molar-refractivity contribution >= 4 is 5.70 Å². The van der Waals surface area contributed by atoms with Gasteiger partial charge in [0.15, 0.2) is 0 Å². The van der Waals surface area contributed by atoms with Gasteiger partial charge in [0.25, 0.3) is 0 Å². The van der Waals surface area contributed by atoms with Crippen molar-refractivity contribution in [1.82, 2.24) is 4.90 Å². The Morgan fingerprint density at radius 2 is 2.31 bits per heavy atom. The highest BCUT2D eigenvalue weighted by molar-refractivity contribution is 5.73. The molecule has 0 fully saturated rings. The van der Waals surface area contributed by atoms with Crippen molar-refractivity contribution in [1.29, 1.82) is 5.26 Å². The molecule has 0 aromatic heterocycles. The molecular weight excluding hydrogens is 160 g/mol. The third kappa shape index (κ3) is 1.01. The van der Waals surface area contributed by atoms with E-state index in [0.717, 1.165) is 23.4 Å². The molecular formula is C11H10N2. The van der Waals surface area contributed by atoms with E-state index in [0.29, 0.717) is 0 Å². The number of fused-ring (bicyclic) bond motifs is 1. The van der Waals surface area contributed by atoms with Crippen LogP contribution >= 0.6 is 0 Å². The first-order valence-electron chi connectivity index (χ1n) is 4.16. The van der Waals surface area contributed by atoms with Crippen molar-refractivity contribution in [3.8, 4) is 6.07 Å². The number of hydrogen-bond donors (Lipinski definition) is 0. The lowest BCUT2D eigenvalue weighted by Gasteiger charge is -2.10. The third-order valence-electron chi connectivity index (χ3n) is 2.43.